The van der Waals surface area contributed by atoms with Crippen LogP contribution < -0.4 is 15.5 Å². The first-order chi connectivity index (χ1) is 10.7. The number of carbonyl (C=O) groups is 1. The third kappa shape index (κ3) is 7.92. The molecule has 1 fully saturated rings. The second-order valence-electron chi connectivity index (χ2n) is 5.51. The molecule has 1 unspecified atom stereocenters. The van der Waals surface area contributed by atoms with Gasteiger partial charge in [0, 0.05) is 50.7 Å². The molecule has 8 heteroatoms. The van der Waals surface area contributed by atoms with Gasteiger partial charge in [-0.3, -0.25) is 4.79 Å². The number of anilines is 1. The minimum absolute atomic E-state index is 0. The van der Waals surface area contributed by atoms with Crippen LogP contribution in [-0.2, 0) is 4.79 Å². The van der Waals surface area contributed by atoms with Crippen LogP contribution in [0.2, 0.25) is 0 Å². The first-order valence-electron chi connectivity index (χ1n) is 7.70. The predicted octanol–water partition coefficient (Wildman–Crippen LogP) is 2.71. The van der Waals surface area contributed by atoms with E-state index in [1.165, 1.54) is 6.07 Å². The van der Waals surface area contributed by atoms with Gasteiger partial charge in [0.2, 0.25) is 5.91 Å². The number of thioether (sulfide) groups is 1. The average molecular weight is 398 g/mol. The monoisotopic (exact) mass is 397 g/mol. The fourth-order valence-corrected chi connectivity index (χ4v) is 3.42. The van der Waals surface area contributed by atoms with E-state index in [0.717, 1.165) is 24.5 Å². The highest BCUT2D eigenvalue weighted by molar-refractivity contribution is 7.99. The molecule has 1 heterocycles. The van der Waals surface area contributed by atoms with E-state index in [1.807, 2.05) is 29.8 Å². The third-order valence-electron chi connectivity index (χ3n) is 3.69. The number of rotatable bonds is 7. The van der Waals surface area contributed by atoms with Gasteiger partial charge in [0.25, 0.3) is 0 Å². The normalized spacial score (nSPS) is 16.5. The van der Waals surface area contributed by atoms with Gasteiger partial charge in [0.1, 0.15) is 5.82 Å². The molecule has 0 bridgehead atoms. The maximum atomic E-state index is 13.6. The maximum Gasteiger partial charge on any atom is 0.221 e. The van der Waals surface area contributed by atoms with E-state index >= 15 is 0 Å². The largest absolute Gasteiger partial charge is 0.372 e. The molecule has 1 aromatic rings. The Hall–Kier alpha value is -0.690. The number of nitrogens with one attached hydrogen (secondary N) is 2. The van der Waals surface area contributed by atoms with Crippen molar-refractivity contribution in [3.63, 3.8) is 0 Å². The zero-order valence-electron chi connectivity index (χ0n) is 13.8. The summed E-state index contributed by atoms with van der Waals surface area (Å²) < 4.78 is 13.6. The van der Waals surface area contributed by atoms with Gasteiger partial charge in [0.05, 0.1) is 5.69 Å². The molecule has 2 N–H and O–H groups in total. The maximum absolute atomic E-state index is 13.6. The highest BCUT2D eigenvalue weighted by atomic mass is 35.5. The first kappa shape index (κ1) is 23.3. The summed E-state index contributed by atoms with van der Waals surface area (Å²) in [6, 6.07) is 7.03. The van der Waals surface area contributed by atoms with E-state index in [4.69, 9.17) is 0 Å². The smallest absolute Gasteiger partial charge is 0.221 e. The van der Waals surface area contributed by atoms with Crippen LogP contribution in [0.25, 0.3) is 0 Å². The van der Waals surface area contributed by atoms with Crippen molar-refractivity contribution in [1.82, 2.24) is 10.6 Å². The fraction of sp³-hybridized carbons (Fsp3) is 0.562. The Morgan fingerprint density at radius 2 is 2.17 bits per heavy atom. The first-order valence-corrected chi connectivity index (χ1v) is 8.86. The second-order valence-corrected chi connectivity index (χ2v) is 6.66. The summed E-state index contributed by atoms with van der Waals surface area (Å²) in [6.45, 7) is 2.31. The van der Waals surface area contributed by atoms with Gasteiger partial charge in [-0.25, -0.2) is 4.39 Å². The molecule has 0 aliphatic carbocycles. The van der Waals surface area contributed by atoms with Crippen molar-refractivity contribution in [3.05, 3.63) is 30.1 Å². The van der Waals surface area contributed by atoms with Crippen molar-refractivity contribution in [3.8, 4) is 0 Å². The van der Waals surface area contributed by atoms with Crippen molar-refractivity contribution in [2.75, 3.05) is 43.1 Å². The van der Waals surface area contributed by atoms with Crippen LogP contribution in [0.4, 0.5) is 10.1 Å². The van der Waals surface area contributed by atoms with Gasteiger partial charge < -0.3 is 15.5 Å². The Labute approximate surface area is 160 Å². The van der Waals surface area contributed by atoms with Crippen molar-refractivity contribution in [1.29, 1.82) is 0 Å². The lowest BCUT2D eigenvalue weighted by Gasteiger charge is -2.23. The molecule has 1 aromatic carbocycles. The Kier molecular flexibility index (Phi) is 12.3. The molecule has 1 atom stereocenters. The lowest BCUT2D eigenvalue weighted by Crippen LogP contribution is -2.41. The Bertz CT molecular complexity index is 490. The standard InChI is InChI=1S/C16H24FN3OS.2ClH/c1-20(15-6-3-2-5-14(15)17)9-4-7-19-16(21)11-13-12-22-10-8-18-13;;/h2-3,5-6,13,18H,4,7-12H2,1H3,(H,19,21);2*1H. The van der Waals surface area contributed by atoms with Crippen LogP contribution in [0, 0.1) is 5.82 Å². The molecular formula is C16H26Cl2FN3OS. The number of hydrogen-bond donors (Lipinski definition) is 2. The zero-order chi connectivity index (χ0) is 15.8. The number of benzene rings is 1. The minimum Gasteiger partial charge on any atom is -0.372 e. The lowest BCUT2D eigenvalue weighted by molar-refractivity contribution is -0.121. The van der Waals surface area contributed by atoms with Crippen molar-refractivity contribution in [2.45, 2.75) is 18.9 Å². The molecule has 0 saturated carbocycles. The van der Waals surface area contributed by atoms with Crippen LogP contribution in [0.15, 0.2) is 24.3 Å². The molecule has 24 heavy (non-hydrogen) atoms. The van der Waals surface area contributed by atoms with Crippen LogP contribution in [0.5, 0.6) is 0 Å². The number of nitrogens with zero attached hydrogens (tertiary/aromatic N) is 1. The van der Waals surface area contributed by atoms with Gasteiger partial charge in [-0.2, -0.15) is 11.8 Å². The second kappa shape index (κ2) is 12.6. The van der Waals surface area contributed by atoms with E-state index in [2.05, 4.69) is 10.6 Å². The van der Waals surface area contributed by atoms with Crippen LogP contribution in [0.3, 0.4) is 0 Å². The summed E-state index contributed by atoms with van der Waals surface area (Å²) in [5.74, 6) is 2.01. The molecule has 1 aliphatic rings. The van der Waals surface area contributed by atoms with Gasteiger partial charge in [-0.15, -0.1) is 24.8 Å². The van der Waals surface area contributed by atoms with Crippen LogP contribution in [0.1, 0.15) is 12.8 Å². The number of amides is 1. The Balaban J connectivity index is 0.00000264. The molecule has 1 saturated heterocycles. The topological polar surface area (TPSA) is 44.4 Å². The van der Waals surface area contributed by atoms with Gasteiger partial charge in [0.15, 0.2) is 0 Å². The Morgan fingerprint density at radius 1 is 1.42 bits per heavy atom. The van der Waals surface area contributed by atoms with E-state index < -0.39 is 0 Å². The SMILES string of the molecule is CN(CCCNC(=O)CC1CSCCN1)c1ccccc1F.Cl.Cl. The molecule has 4 nitrogen and oxygen atoms in total. The summed E-state index contributed by atoms with van der Waals surface area (Å²) in [4.78, 5) is 13.7. The fourth-order valence-electron chi connectivity index (χ4n) is 2.47. The van der Waals surface area contributed by atoms with Gasteiger partial charge >= 0.3 is 0 Å². The van der Waals surface area contributed by atoms with E-state index in [9.17, 15) is 9.18 Å². The molecule has 138 valence electrons. The van der Waals surface area contributed by atoms with E-state index in [1.54, 1.807) is 12.1 Å². The van der Waals surface area contributed by atoms with E-state index in [0.29, 0.717) is 31.2 Å². The number of para-hydroxylation sites is 1. The van der Waals surface area contributed by atoms with Gasteiger partial charge in [-0.05, 0) is 18.6 Å². The van der Waals surface area contributed by atoms with Crippen molar-refractivity contribution >= 4 is 48.2 Å². The minimum atomic E-state index is -0.213. The highest BCUT2D eigenvalue weighted by Crippen LogP contribution is 2.16. The summed E-state index contributed by atoms with van der Waals surface area (Å²) in [5.41, 5.74) is 0.595. The zero-order valence-corrected chi connectivity index (χ0v) is 16.2. The molecule has 0 spiro atoms. The summed E-state index contributed by atoms with van der Waals surface area (Å²) in [7, 11) is 1.86. The third-order valence-corrected chi connectivity index (χ3v) is 4.82. The predicted molar refractivity (Wildman–Crippen MR) is 106 cm³/mol. The highest BCUT2D eigenvalue weighted by Gasteiger charge is 2.16. The van der Waals surface area contributed by atoms with Crippen LogP contribution in [-0.4, -0.2) is 50.1 Å². The summed E-state index contributed by atoms with van der Waals surface area (Å²) in [5, 5.41) is 6.30. The molecule has 1 aliphatic heterocycles. The van der Waals surface area contributed by atoms with Crippen LogP contribution >= 0.6 is 36.6 Å². The van der Waals surface area contributed by atoms with Crippen molar-refractivity contribution < 1.29 is 9.18 Å². The number of hydrogen-bond acceptors (Lipinski definition) is 4. The summed E-state index contributed by atoms with van der Waals surface area (Å²) >= 11 is 1.89. The molecule has 1 amide bonds. The molecular weight excluding hydrogens is 372 g/mol. The average Bonchev–Trinajstić information content (AvgIpc) is 2.53. The Morgan fingerprint density at radius 3 is 2.83 bits per heavy atom. The van der Waals surface area contributed by atoms with Gasteiger partial charge in [-0.1, -0.05) is 12.1 Å². The quantitative estimate of drug-likeness (QED) is 0.694. The number of carbonyl (C=O) groups excluding carboxylic acids is 1. The summed E-state index contributed by atoms with van der Waals surface area (Å²) in [6.07, 6.45) is 1.33. The van der Waals surface area contributed by atoms with E-state index in [-0.39, 0.29) is 36.5 Å². The molecule has 0 radical (unpaired) electrons. The number of halogens is 3. The molecule has 0 aromatic heterocycles. The lowest BCUT2D eigenvalue weighted by atomic mass is 10.2. The molecule has 2 rings (SSSR count). The van der Waals surface area contributed by atoms with Crippen molar-refractivity contribution in [2.24, 2.45) is 0 Å².